The third-order valence-corrected chi connectivity index (χ3v) is 8.40. The van der Waals surface area contributed by atoms with Gasteiger partial charge in [-0.3, -0.25) is 0 Å². The lowest BCUT2D eigenvalue weighted by atomic mass is 9.73. The van der Waals surface area contributed by atoms with E-state index in [1.165, 1.54) is 110 Å². The van der Waals surface area contributed by atoms with Crippen molar-refractivity contribution in [2.45, 2.75) is 111 Å². The van der Waals surface area contributed by atoms with Crippen LogP contribution in [0.15, 0.2) is 0 Å². The van der Waals surface area contributed by atoms with Crippen LogP contribution in [0, 0.1) is 5.41 Å². The molecule has 194 valence electrons. The van der Waals surface area contributed by atoms with E-state index >= 15 is 0 Å². The zero-order valence-corrected chi connectivity index (χ0v) is 25.0. The predicted octanol–water partition coefficient (Wildman–Crippen LogP) is 5.66. The summed E-state index contributed by atoms with van der Waals surface area (Å²) in [5.74, 6) is 0. The molecule has 0 spiro atoms. The molecule has 0 N–H and O–H groups in total. The second kappa shape index (κ2) is 20.4. The van der Waals surface area contributed by atoms with Gasteiger partial charge in [0.05, 0.1) is 0 Å². The summed E-state index contributed by atoms with van der Waals surface area (Å²) >= 11 is 0. The third kappa shape index (κ3) is 17.5. The van der Waals surface area contributed by atoms with Crippen molar-refractivity contribution in [3.05, 3.63) is 0 Å². The van der Waals surface area contributed by atoms with Gasteiger partial charge in [-0.15, -0.1) is 0 Å². The number of nitrogens with zero attached hydrogens (tertiary/aromatic N) is 3. The first-order chi connectivity index (χ1) is 15.3. The van der Waals surface area contributed by atoms with Gasteiger partial charge < -0.3 is 19.1 Å². The van der Waals surface area contributed by atoms with Gasteiger partial charge in [-0.1, -0.05) is 20.8 Å². The molecule has 0 aliphatic carbocycles. The van der Waals surface area contributed by atoms with Crippen molar-refractivity contribution in [2.24, 2.45) is 5.41 Å². The van der Waals surface area contributed by atoms with Gasteiger partial charge >= 0.3 is 0 Å². The van der Waals surface area contributed by atoms with Gasteiger partial charge in [0.2, 0.25) is 0 Å². The van der Waals surface area contributed by atoms with Crippen LogP contribution in [0.3, 0.4) is 0 Å². The largest absolute Gasteiger partial charge is 0.422 e. The smallest absolute Gasteiger partial charge is 0.161 e. The topological polar surface area (TPSA) is 19.0 Å². The molecule has 0 bridgehead atoms. The summed E-state index contributed by atoms with van der Waals surface area (Å²) < 4.78 is 6.08. The minimum absolute atomic E-state index is 0.388. The highest BCUT2D eigenvalue weighted by Crippen LogP contribution is 2.40. The Hall–Kier alpha value is 0.0569. The highest BCUT2D eigenvalue weighted by Gasteiger charge is 2.29. The molecule has 0 amide bonds. The SMILES string of the molecule is CCCN(C)CCCC(CCCN(C)CCC)(CCCN(C)CCC)CC[SiH2]OC(C)C. The fraction of sp³-hybridized carbons (Fsp3) is 1.00. The summed E-state index contributed by atoms with van der Waals surface area (Å²) in [5, 5.41) is 0. The molecule has 0 aromatic carbocycles. The Morgan fingerprint density at radius 2 is 1.00 bits per heavy atom. The average Bonchev–Trinajstić information content (AvgIpc) is 2.71. The van der Waals surface area contributed by atoms with E-state index in [9.17, 15) is 0 Å². The maximum atomic E-state index is 6.08. The van der Waals surface area contributed by atoms with Gasteiger partial charge in [0.15, 0.2) is 9.76 Å². The lowest BCUT2D eigenvalue weighted by Crippen LogP contribution is -2.29. The number of hydrogen-bond acceptors (Lipinski definition) is 4. The zero-order valence-electron chi connectivity index (χ0n) is 23.6. The molecule has 5 heteroatoms. The van der Waals surface area contributed by atoms with Gasteiger partial charge in [0.1, 0.15) is 0 Å². The Kier molecular flexibility index (Phi) is 20.5. The Bertz CT molecular complexity index is 363. The lowest BCUT2D eigenvalue weighted by Gasteiger charge is -2.36. The normalized spacial score (nSPS) is 13.1. The number of rotatable bonds is 23. The monoisotopic (exact) mass is 471 g/mol. The van der Waals surface area contributed by atoms with Gasteiger partial charge in [-0.2, -0.15) is 0 Å². The van der Waals surface area contributed by atoms with Crippen molar-refractivity contribution in [3.63, 3.8) is 0 Å². The maximum Gasteiger partial charge on any atom is 0.161 e. The standard InChI is InChI=1S/C27H61N3OSi/c1-9-19-28(6)22-12-15-27(18-25-32-31-26(4)5,16-13-23-29(7)20-10-2)17-14-24-30(8)21-11-3/h26H,9-25,32H2,1-8H3. The molecule has 0 saturated carbocycles. The Labute approximate surface area is 205 Å². The molecule has 0 saturated heterocycles. The molecule has 4 nitrogen and oxygen atoms in total. The molecule has 32 heavy (non-hydrogen) atoms. The van der Waals surface area contributed by atoms with Crippen molar-refractivity contribution in [1.82, 2.24) is 14.7 Å². The van der Waals surface area contributed by atoms with Crippen LogP contribution in [-0.4, -0.2) is 91.0 Å². The van der Waals surface area contributed by atoms with Gasteiger partial charge in [-0.25, -0.2) is 0 Å². The molecule has 0 aliphatic rings. The van der Waals surface area contributed by atoms with Crippen LogP contribution in [0.4, 0.5) is 0 Å². The van der Waals surface area contributed by atoms with E-state index in [1.54, 1.807) is 0 Å². The van der Waals surface area contributed by atoms with E-state index in [0.717, 1.165) is 0 Å². The highest BCUT2D eigenvalue weighted by atomic mass is 28.2. The van der Waals surface area contributed by atoms with Crippen molar-refractivity contribution in [2.75, 3.05) is 60.4 Å². The fourth-order valence-corrected chi connectivity index (χ4v) is 6.70. The summed E-state index contributed by atoms with van der Waals surface area (Å²) in [6.45, 7) is 18.7. The third-order valence-electron chi connectivity index (χ3n) is 6.86. The van der Waals surface area contributed by atoms with Crippen molar-refractivity contribution in [3.8, 4) is 0 Å². The quantitative estimate of drug-likeness (QED) is 0.141. The molecule has 0 unspecified atom stereocenters. The Balaban J connectivity index is 5.09. The predicted molar refractivity (Wildman–Crippen MR) is 148 cm³/mol. The molecule has 0 aliphatic heterocycles. The molecule has 0 fully saturated rings. The summed E-state index contributed by atoms with van der Waals surface area (Å²) in [5.41, 5.74) is 0.514. The van der Waals surface area contributed by atoms with Crippen LogP contribution >= 0.6 is 0 Å². The summed E-state index contributed by atoms with van der Waals surface area (Å²) in [7, 11) is 6.51. The van der Waals surface area contributed by atoms with E-state index < -0.39 is 0 Å². The molecule has 0 radical (unpaired) electrons. The van der Waals surface area contributed by atoms with Crippen LogP contribution < -0.4 is 0 Å². The van der Waals surface area contributed by atoms with Crippen LogP contribution in [-0.2, 0) is 4.43 Å². The molecule has 0 rings (SSSR count). The maximum absolute atomic E-state index is 6.08. The fourth-order valence-electron chi connectivity index (χ4n) is 5.17. The summed E-state index contributed by atoms with van der Waals surface area (Å²) in [4.78, 5) is 7.60. The van der Waals surface area contributed by atoms with Gasteiger partial charge in [-0.05, 0) is 150 Å². The molecular formula is C27H61N3OSi. The van der Waals surface area contributed by atoms with Crippen LogP contribution in [0.2, 0.25) is 6.04 Å². The first-order valence-corrected chi connectivity index (χ1v) is 15.5. The average molecular weight is 472 g/mol. The van der Waals surface area contributed by atoms with Gasteiger partial charge in [0, 0.05) is 6.10 Å². The zero-order chi connectivity index (χ0) is 24.2. The first kappa shape index (κ1) is 32.1. The second-order valence-corrected chi connectivity index (χ2v) is 12.2. The van der Waals surface area contributed by atoms with Crippen molar-refractivity contribution >= 4 is 9.76 Å². The van der Waals surface area contributed by atoms with E-state index in [1.807, 2.05) is 0 Å². The second-order valence-electron chi connectivity index (χ2n) is 10.7. The van der Waals surface area contributed by atoms with Crippen LogP contribution in [0.25, 0.3) is 0 Å². The Morgan fingerprint density at radius 1 is 0.625 bits per heavy atom. The highest BCUT2D eigenvalue weighted by molar-refractivity contribution is 6.27. The molecular weight excluding hydrogens is 410 g/mol. The van der Waals surface area contributed by atoms with Crippen molar-refractivity contribution < 1.29 is 4.43 Å². The van der Waals surface area contributed by atoms with Crippen molar-refractivity contribution in [1.29, 1.82) is 0 Å². The number of hydrogen-bond donors (Lipinski definition) is 0. The molecule has 0 aromatic rings. The first-order valence-electron chi connectivity index (χ1n) is 14.0. The van der Waals surface area contributed by atoms with E-state index in [4.69, 9.17) is 4.43 Å². The van der Waals surface area contributed by atoms with Crippen LogP contribution in [0.1, 0.15) is 98.8 Å². The van der Waals surface area contributed by atoms with E-state index in [2.05, 4.69) is 70.5 Å². The summed E-state index contributed by atoms with van der Waals surface area (Å²) in [6.07, 6.45) is 13.8. The molecule has 0 atom stereocenters. The molecule has 0 aromatic heterocycles. The Morgan fingerprint density at radius 3 is 1.31 bits per heavy atom. The van der Waals surface area contributed by atoms with Gasteiger partial charge in [0.25, 0.3) is 0 Å². The molecule has 0 heterocycles. The summed E-state index contributed by atoms with van der Waals surface area (Å²) in [6, 6.07) is 1.35. The minimum Gasteiger partial charge on any atom is -0.422 e. The van der Waals surface area contributed by atoms with E-state index in [0.29, 0.717) is 11.5 Å². The minimum atomic E-state index is -0.388. The van der Waals surface area contributed by atoms with Crippen LogP contribution in [0.5, 0.6) is 0 Å². The lowest BCUT2D eigenvalue weighted by molar-refractivity contribution is 0.161. The van der Waals surface area contributed by atoms with E-state index in [-0.39, 0.29) is 9.76 Å².